The molecular formula is C15H21N3O. The van der Waals surface area contributed by atoms with Gasteiger partial charge in [-0.3, -0.25) is 4.90 Å². The van der Waals surface area contributed by atoms with Crippen LogP contribution in [0.1, 0.15) is 37.7 Å². The third-order valence-corrected chi connectivity index (χ3v) is 4.18. The van der Waals surface area contributed by atoms with E-state index in [0.717, 1.165) is 37.2 Å². The molecule has 4 nitrogen and oxygen atoms in total. The monoisotopic (exact) mass is 259 g/mol. The van der Waals surface area contributed by atoms with Crippen molar-refractivity contribution in [1.82, 2.24) is 5.32 Å². The minimum absolute atomic E-state index is 0.0382. The highest BCUT2D eigenvalue weighted by Gasteiger charge is 2.26. The molecule has 1 aromatic rings. The average Bonchev–Trinajstić information content (AvgIpc) is 2.82. The van der Waals surface area contributed by atoms with Crippen molar-refractivity contribution in [2.24, 2.45) is 0 Å². The summed E-state index contributed by atoms with van der Waals surface area (Å²) in [5, 5.41) is 3.17. The number of nitrogens with zero attached hydrogens (tertiary/aromatic N) is 1. The lowest BCUT2D eigenvalue weighted by atomic mass is 9.96. The minimum Gasteiger partial charge on any atom is -0.399 e. The fourth-order valence-corrected chi connectivity index (χ4v) is 3.11. The van der Waals surface area contributed by atoms with E-state index in [-0.39, 0.29) is 6.03 Å². The van der Waals surface area contributed by atoms with Crippen molar-refractivity contribution in [1.29, 1.82) is 0 Å². The summed E-state index contributed by atoms with van der Waals surface area (Å²) < 4.78 is 0. The summed E-state index contributed by atoms with van der Waals surface area (Å²) in [4.78, 5) is 14.2. The van der Waals surface area contributed by atoms with Crippen LogP contribution in [0.2, 0.25) is 0 Å². The first-order chi connectivity index (χ1) is 9.24. The van der Waals surface area contributed by atoms with E-state index in [9.17, 15) is 4.79 Å². The van der Waals surface area contributed by atoms with Gasteiger partial charge in [0.25, 0.3) is 0 Å². The highest BCUT2D eigenvalue weighted by atomic mass is 16.2. The van der Waals surface area contributed by atoms with Gasteiger partial charge >= 0.3 is 6.03 Å². The number of carbonyl (C=O) groups excluding carboxylic acids is 1. The maximum absolute atomic E-state index is 12.4. The van der Waals surface area contributed by atoms with Crippen molar-refractivity contribution in [3.05, 3.63) is 23.8 Å². The van der Waals surface area contributed by atoms with Gasteiger partial charge in [0.1, 0.15) is 0 Å². The van der Waals surface area contributed by atoms with Crippen molar-refractivity contribution in [2.75, 3.05) is 17.2 Å². The molecule has 0 saturated heterocycles. The second kappa shape index (κ2) is 5.11. The van der Waals surface area contributed by atoms with Crippen molar-refractivity contribution in [3.63, 3.8) is 0 Å². The molecule has 102 valence electrons. The number of fused-ring (bicyclic) bond motifs is 1. The Labute approximate surface area is 114 Å². The van der Waals surface area contributed by atoms with Gasteiger partial charge in [0, 0.05) is 18.3 Å². The summed E-state index contributed by atoms with van der Waals surface area (Å²) in [7, 11) is 0. The fourth-order valence-electron chi connectivity index (χ4n) is 3.11. The second-order valence-electron chi connectivity index (χ2n) is 5.57. The van der Waals surface area contributed by atoms with Crippen LogP contribution in [-0.2, 0) is 6.42 Å². The third kappa shape index (κ3) is 2.53. The number of amides is 2. The molecule has 1 aliphatic heterocycles. The predicted molar refractivity (Wildman–Crippen MR) is 77.3 cm³/mol. The second-order valence-corrected chi connectivity index (χ2v) is 5.57. The van der Waals surface area contributed by atoms with Crippen LogP contribution in [0.5, 0.6) is 0 Å². The molecule has 0 aromatic heterocycles. The SMILES string of the molecule is Nc1ccc2c(c1)N(C(=O)NC1CCCCC1)CC2. The molecule has 19 heavy (non-hydrogen) atoms. The van der Waals surface area contributed by atoms with Crippen LogP contribution < -0.4 is 16.0 Å². The molecule has 2 amide bonds. The number of nitrogens with two attached hydrogens (primary N) is 1. The van der Waals surface area contributed by atoms with E-state index >= 15 is 0 Å². The van der Waals surface area contributed by atoms with E-state index < -0.39 is 0 Å². The van der Waals surface area contributed by atoms with Crippen LogP contribution in [0.15, 0.2) is 18.2 Å². The van der Waals surface area contributed by atoms with Crippen LogP contribution in [0.25, 0.3) is 0 Å². The van der Waals surface area contributed by atoms with E-state index in [1.54, 1.807) is 0 Å². The van der Waals surface area contributed by atoms with Crippen molar-refractivity contribution in [2.45, 2.75) is 44.6 Å². The Bertz CT molecular complexity index is 480. The molecule has 0 unspecified atom stereocenters. The highest BCUT2D eigenvalue weighted by Crippen LogP contribution is 2.30. The summed E-state index contributed by atoms with van der Waals surface area (Å²) in [6.45, 7) is 0.761. The Morgan fingerprint density at radius 2 is 2.05 bits per heavy atom. The number of anilines is 2. The first kappa shape index (κ1) is 12.3. The molecule has 1 aromatic carbocycles. The number of nitrogens with one attached hydrogen (secondary N) is 1. The molecular weight excluding hydrogens is 238 g/mol. The number of carbonyl (C=O) groups is 1. The number of rotatable bonds is 1. The maximum atomic E-state index is 12.4. The molecule has 0 radical (unpaired) electrons. The molecule has 1 saturated carbocycles. The minimum atomic E-state index is 0.0382. The van der Waals surface area contributed by atoms with Gasteiger partial charge in [-0.1, -0.05) is 25.3 Å². The lowest BCUT2D eigenvalue weighted by Gasteiger charge is -2.26. The summed E-state index contributed by atoms with van der Waals surface area (Å²) in [5.41, 5.74) is 8.73. The van der Waals surface area contributed by atoms with Crippen molar-refractivity contribution < 1.29 is 4.79 Å². The Morgan fingerprint density at radius 1 is 1.26 bits per heavy atom. The summed E-state index contributed by atoms with van der Waals surface area (Å²) in [5.74, 6) is 0. The van der Waals surface area contributed by atoms with Crippen LogP contribution in [-0.4, -0.2) is 18.6 Å². The topological polar surface area (TPSA) is 58.4 Å². The van der Waals surface area contributed by atoms with Crippen LogP contribution >= 0.6 is 0 Å². The molecule has 0 spiro atoms. The Kier molecular flexibility index (Phi) is 3.32. The van der Waals surface area contributed by atoms with Gasteiger partial charge in [0.15, 0.2) is 0 Å². The van der Waals surface area contributed by atoms with Crippen LogP contribution in [0.4, 0.5) is 16.2 Å². The summed E-state index contributed by atoms with van der Waals surface area (Å²) in [6.07, 6.45) is 6.92. The molecule has 0 bridgehead atoms. The van der Waals surface area contributed by atoms with Crippen LogP contribution in [0.3, 0.4) is 0 Å². The molecule has 1 fully saturated rings. The molecule has 0 atom stereocenters. The zero-order valence-corrected chi connectivity index (χ0v) is 11.2. The van der Waals surface area contributed by atoms with E-state index in [0.29, 0.717) is 6.04 Å². The van der Waals surface area contributed by atoms with Gasteiger partial charge in [-0.15, -0.1) is 0 Å². The number of hydrogen-bond donors (Lipinski definition) is 2. The lowest BCUT2D eigenvalue weighted by molar-refractivity contribution is 0.238. The number of benzene rings is 1. The standard InChI is InChI=1S/C15H21N3O/c16-12-7-6-11-8-9-18(14(11)10-12)15(19)17-13-4-2-1-3-5-13/h6-7,10,13H,1-5,8-9,16H2,(H,17,19). The van der Waals surface area contributed by atoms with E-state index in [1.807, 2.05) is 23.1 Å². The first-order valence-corrected chi connectivity index (χ1v) is 7.20. The van der Waals surface area contributed by atoms with E-state index in [1.165, 1.54) is 24.8 Å². The largest absolute Gasteiger partial charge is 0.399 e. The number of hydrogen-bond acceptors (Lipinski definition) is 2. The van der Waals surface area contributed by atoms with Crippen molar-refractivity contribution >= 4 is 17.4 Å². The smallest absolute Gasteiger partial charge is 0.322 e. The Hall–Kier alpha value is -1.71. The average molecular weight is 259 g/mol. The molecule has 1 heterocycles. The van der Waals surface area contributed by atoms with Gasteiger partial charge in [-0.05, 0) is 37.0 Å². The van der Waals surface area contributed by atoms with E-state index in [4.69, 9.17) is 5.73 Å². The normalized spacial score (nSPS) is 19.3. The molecule has 1 aliphatic carbocycles. The fraction of sp³-hybridized carbons (Fsp3) is 0.533. The number of nitrogen functional groups attached to an aromatic ring is 1. The van der Waals surface area contributed by atoms with E-state index in [2.05, 4.69) is 5.32 Å². The van der Waals surface area contributed by atoms with Gasteiger partial charge in [-0.25, -0.2) is 4.79 Å². The molecule has 4 heteroatoms. The van der Waals surface area contributed by atoms with Gasteiger partial charge in [-0.2, -0.15) is 0 Å². The van der Waals surface area contributed by atoms with Gasteiger partial charge in [0.2, 0.25) is 0 Å². The number of urea groups is 1. The zero-order chi connectivity index (χ0) is 13.2. The molecule has 2 aliphatic rings. The highest BCUT2D eigenvalue weighted by molar-refractivity contribution is 5.95. The first-order valence-electron chi connectivity index (χ1n) is 7.20. The van der Waals surface area contributed by atoms with Crippen LogP contribution in [0, 0.1) is 0 Å². The summed E-state index contributed by atoms with van der Waals surface area (Å²) >= 11 is 0. The molecule has 3 rings (SSSR count). The lowest BCUT2D eigenvalue weighted by Crippen LogP contribution is -2.45. The maximum Gasteiger partial charge on any atom is 0.322 e. The summed E-state index contributed by atoms with van der Waals surface area (Å²) in [6, 6.07) is 6.23. The van der Waals surface area contributed by atoms with Gasteiger partial charge < -0.3 is 11.1 Å². The quantitative estimate of drug-likeness (QED) is 0.762. The zero-order valence-electron chi connectivity index (χ0n) is 11.2. The molecule has 3 N–H and O–H groups in total. The van der Waals surface area contributed by atoms with Gasteiger partial charge in [0.05, 0.1) is 5.69 Å². The third-order valence-electron chi connectivity index (χ3n) is 4.18. The Morgan fingerprint density at radius 3 is 2.84 bits per heavy atom. The Balaban J connectivity index is 1.70. The van der Waals surface area contributed by atoms with Crippen molar-refractivity contribution in [3.8, 4) is 0 Å². The predicted octanol–water partition coefficient (Wildman–Crippen LogP) is 2.67.